The lowest BCUT2D eigenvalue weighted by atomic mass is 10.1. The Morgan fingerprint density at radius 3 is 2.42 bits per heavy atom. The third-order valence-electron chi connectivity index (χ3n) is 6.17. The molecule has 0 bridgehead atoms. The SMILES string of the molecule is CCCCCCCCCCCCNc1nc(=O)c2ncn([C@@H]3C[C@H](O)[C@@H](CO)O3)c2c(=O)[nH]1. The Bertz CT molecular complexity index is 991. The predicted octanol–water partition coefficient (Wildman–Crippen LogP) is 2.45. The van der Waals surface area contributed by atoms with Gasteiger partial charge in [-0.05, 0) is 6.42 Å². The number of imidazole rings is 1. The van der Waals surface area contributed by atoms with E-state index in [0.29, 0.717) is 6.54 Å². The Morgan fingerprint density at radius 2 is 1.79 bits per heavy atom. The number of anilines is 1. The van der Waals surface area contributed by atoms with Gasteiger partial charge in [-0.3, -0.25) is 19.1 Å². The first-order valence-electron chi connectivity index (χ1n) is 12.2. The van der Waals surface area contributed by atoms with E-state index < -0.39 is 29.6 Å². The molecule has 1 aliphatic rings. The molecule has 0 spiro atoms. The lowest BCUT2D eigenvalue weighted by Gasteiger charge is -2.13. The van der Waals surface area contributed by atoms with E-state index in [4.69, 9.17) is 4.74 Å². The molecule has 10 heteroatoms. The van der Waals surface area contributed by atoms with Gasteiger partial charge in [0.05, 0.1) is 19.0 Å². The molecule has 0 amide bonds. The fourth-order valence-electron chi connectivity index (χ4n) is 4.26. The highest BCUT2D eigenvalue weighted by Crippen LogP contribution is 2.29. The lowest BCUT2D eigenvalue weighted by Crippen LogP contribution is -2.24. The van der Waals surface area contributed by atoms with Crippen LogP contribution in [0.25, 0.3) is 11.0 Å². The molecule has 0 unspecified atom stereocenters. The highest BCUT2D eigenvalue weighted by molar-refractivity contribution is 5.73. The number of rotatable bonds is 14. The summed E-state index contributed by atoms with van der Waals surface area (Å²) >= 11 is 0. The third-order valence-corrected chi connectivity index (χ3v) is 6.17. The summed E-state index contributed by atoms with van der Waals surface area (Å²) in [5, 5.41) is 22.3. The van der Waals surface area contributed by atoms with Crippen molar-refractivity contribution in [1.29, 1.82) is 0 Å². The molecule has 1 fully saturated rings. The minimum atomic E-state index is -0.864. The number of fused-ring (bicyclic) bond motifs is 1. The molecule has 4 N–H and O–H groups in total. The Morgan fingerprint density at radius 1 is 1.12 bits per heavy atom. The highest BCUT2D eigenvalue weighted by Gasteiger charge is 2.35. The summed E-state index contributed by atoms with van der Waals surface area (Å²) in [5.74, 6) is 0.117. The van der Waals surface area contributed by atoms with Gasteiger partial charge in [-0.1, -0.05) is 64.7 Å². The van der Waals surface area contributed by atoms with Crippen LogP contribution in [0.15, 0.2) is 15.9 Å². The highest BCUT2D eigenvalue weighted by atomic mass is 16.5. The van der Waals surface area contributed by atoms with Crippen molar-refractivity contribution in [2.24, 2.45) is 0 Å². The van der Waals surface area contributed by atoms with Gasteiger partial charge < -0.3 is 20.3 Å². The molecule has 3 atom stereocenters. The summed E-state index contributed by atoms with van der Waals surface area (Å²) in [5.41, 5.74) is -1.16. The van der Waals surface area contributed by atoms with Gasteiger partial charge in [0.2, 0.25) is 5.95 Å². The number of unbranched alkanes of at least 4 members (excludes halogenated alkanes) is 9. The summed E-state index contributed by atoms with van der Waals surface area (Å²) < 4.78 is 7.03. The van der Waals surface area contributed by atoms with E-state index in [1.807, 2.05) is 0 Å². The zero-order valence-electron chi connectivity index (χ0n) is 19.5. The molecular weight excluding hydrogens is 426 g/mol. The molecule has 1 saturated heterocycles. The summed E-state index contributed by atoms with van der Waals surface area (Å²) in [4.78, 5) is 36.0. The number of H-pyrrole nitrogens is 1. The Labute approximate surface area is 193 Å². The van der Waals surface area contributed by atoms with Crippen molar-refractivity contribution in [2.75, 3.05) is 18.5 Å². The maximum absolute atomic E-state index is 12.8. The summed E-state index contributed by atoms with van der Waals surface area (Å²) in [7, 11) is 0. The van der Waals surface area contributed by atoms with Crippen LogP contribution in [0.2, 0.25) is 0 Å². The average molecular weight is 464 g/mol. The molecule has 184 valence electrons. The minimum absolute atomic E-state index is 0.0373. The standard InChI is InChI=1S/C23H37N5O5/c1-2-3-4-5-6-7-8-9-10-11-12-24-23-26-21(31)19-20(22(32)27-23)28(15-25-19)18-13-16(30)17(14-29)33-18/h15-18,29-30H,2-14H2,1H3,(H2,24,26,27,31,32)/t16-,17+,18-/m0/s1. The molecular formula is C23H37N5O5. The van der Waals surface area contributed by atoms with E-state index in [2.05, 4.69) is 27.2 Å². The van der Waals surface area contributed by atoms with Crippen molar-refractivity contribution >= 4 is 17.0 Å². The first-order chi connectivity index (χ1) is 16.0. The van der Waals surface area contributed by atoms with Gasteiger partial charge in [0, 0.05) is 13.0 Å². The predicted molar refractivity (Wildman–Crippen MR) is 126 cm³/mol. The van der Waals surface area contributed by atoms with Crippen molar-refractivity contribution in [3.05, 3.63) is 27.0 Å². The number of nitrogens with zero attached hydrogens (tertiary/aromatic N) is 3. The van der Waals surface area contributed by atoms with E-state index in [1.54, 1.807) is 0 Å². The quantitative estimate of drug-likeness (QED) is 0.313. The van der Waals surface area contributed by atoms with Crippen LogP contribution in [0.1, 0.15) is 83.8 Å². The smallest absolute Gasteiger partial charge is 0.301 e. The molecule has 0 radical (unpaired) electrons. The first-order valence-corrected chi connectivity index (χ1v) is 12.2. The Kier molecular flexibility index (Phi) is 9.83. The fourth-order valence-corrected chi connectivity index (χ4v) is 4.26. The van der Waals surface area contributed by atoms with Crippen molar-refractivity contribution in [2.45, 2.75) is 96.0 Å². The Balaban J connectivity index is 1.53. The second-order valence-corrected chi connectivity index (χ2v) is 8.79. The summed E-state index contributed by atoms with van der Waals surface area (Å²) in [6.45, 7) is 2.50. The molecule has 10 nitrogen and oxygen atoms in total. The van der Waals surface area contributed by atoms with Crippen LogP contribution in [0.4, 0.5) is 5.95 Å². The number of aliphatic hydroxyl groups is 2. The normalized spacial score (nSPS) is 20.5. The van der Waals surface area contributed by atoms with E-state index in [9.17, 15) is 19.8 Å². The van der Waals surface area contributed by atoms with Gasteiger partial charge in [0.15, 0.2) is 5.52 Å². The van der Waals surface area contributed by atoms with Crippen molar-refractivity contribution in [3.63, 3.8) is 0 Å². The largest absolute Gasteiger partial charge is 0.394 e. The molecule has 3 heterocycles. The molecule has 3 rings (SSSR count). The molecule has 1 aliphatic heterocycles. The van der Waals surface area contributed by atoms with Gasteiger partial charge in [0.1, 0.15) is 17.8 Å². The van der Waals surface area contributed by atoms with Crippen LogP contribution in [-0.2, 0) is 4.74 Å². The summed E-state index contributed by atoms with van der Waals surface area (Å²) in [6, 6.07) is 0. The van der Waals surface area contributed by atoms with Gasteiger partial charge in [-0.25, -0.2) is 4.98 Å². The summed E-state index contributed by atoms with van der Waals surface area (Å²) in [6.07, 6.45) is 11.5. The van der Waals surface area contributed by atoms with Crippen LogP contribution in [0, 0.1) is 0 Å². The topological polar surface area (TPSA) is 142 Å². The number of aromatic amines is 1. The van der Waals surface area contributed by atoms with Crippen molar-refractivity contribution in [3.8, 4) is 0 Å². The van der Waals surface area contributed by atoms with E-state index >= 15 is 0 Å². The van der Waals surface area contributed by atoms with Gasteiger partial charge >= 0.3 is 5.56 Å². The molecule has 2 aromatic rings. The number of aliphatic hydroxyl groups excluding tert-OH is 2. The van der Waals surface area contributed by atoms with Gasteiger partial charge in [-0.2, -0.15) is 4.98 Å². The van der Waals surface area contributed by atoms with E-state index in [-0.39, 0.29) is 30.0 Å². The van der Waals surface area contributed by atoms with Crippen molar-refractivity contribution in [1.82, 2.24) is 19.5 Å². The van der Waals surface area contributed by atoms with E-state index in [1.165, 1.54) is 62.3 Å². The fraction of sp³-hybridized carbons (Fsp3) is 0.739. The average Bonchev–Trinajstić information content (AvgIpc) is 3.37. The van der Waals surface area contributed by atoms with Crippen LogP contribution < -0.4 is 16.4 Å². The van der Waals surface area contributed by atoms with Gasteiger partial charge in [0.25, 0.3) is 5.56 Å². The maximum atomic E-state index is 12.8. The van der Waals surface area contributed by atoms with Crippen LogP contribution >= 0.6 is 0 Å². The number of hydrogen-bond donors (Lipinski definition) is 4. The second kappa shape index (κ2) is 12.8. The third kappa shape index (κ3) is 6.84. The van der Waals surface area contributed by atoms with Crippen molar-refractivity contribution < 1.29 is 14.9 Å². The van der Waals surface area contributed by atoms with Crippen LogP contribution in [-0.4, -0.2) is 55.1 Å². The first kappa shape index (κ1) is 25.3. The molecule has 0 aromatic carbocycles. The second-order valence-electron chi connectivity index (χ2n) is 8.79. The van der Waals surface area contributed by atoms with Crippen LogP contribution in [0.5, 0.6) is 0 Å². The molecule has 33 heavy (non-hydrogen) atoms. The monoisotopic (exact) mass is 463 g/mol. The number of aromatic nitrogens is 4. The Hall–Kier alpha value is -2.30. The number of hydrogen-bond acceptors (Lipinski definition) is 8. The zero-order chi connectivity index (χ0) is 23.6. The van der Waals surface area contributed by atoms with E-state index in [0.717, 1.165) is 12.8 Å². The lowest BCUT2D eigenvalue weighted by molar-refractivity contribution is -0.0431. The van der Waals surface area contributed by atoms with Gasteiger partial charge in [-0.15, -0.1) is 0 Å². The maximum Gasteiger partial charge on any atom is 0.301 e. The minimum Gasteiger partial charge on any atom is -0.394 e. The van der Waals surface area contributed by atoms with Crippen LogP contribution in [0.3, 0.4) is 0 Å². The number of ether oxygens (including phenoxy) is 1. The molecule has 0 saturated carbocycles. The number of nitrogens with one attached hydrogen (secondary N) is 2. The molecule has 0 aliphatic carbocycles. The molecule has 2 aromatic heterocycles. The zero-order valence-corrected chi connectivity index (χ0v) is 19.5.